The molecule has 5 heteroatoms. The van der Waals surface area contributed by atoms with Gasteiger partial charge >= 0.3 is 0 Å². The Kier molecular flexibility index (Phi) is 4.01. The summed E-state index contributed by atoms with van der Waals surface area (Å²) in [5.41, 5.74) is 7.99. The van der Waals surface area contributed by atoms with Crippen molar-refractivity contribution in [1.82, 2.24) is 9.97 Å². The van der Waals surface area contributed by atoms with Gasteiger partial charge in [-0.05, 0) is 37.1 Å². The summed E-state index contributed by atoms with van der Waals surface area (Å²) in [4.78, 5) is 11.2. The van der Waals surface area contributed by atoms with Crippen LogP contribution in [0.15, 0.2) is 36.7 Å². The summed E-state index contributed by atoms with van der Waals surface area (Å²) >= 11 is 0. The van der Waals surface area contributed by atoms with Gasteiger partial charge in [0.15, 0.2) is 5.82 Å². The molecular formula is C16H20N4O. The standard InChI is InChI=1S/C16H20N4O/c1-21-15-4-2-12(3-5-15)16-18-10-14(11-19-16)20-8-6-13(17)7-9-20/h2-5,10-11,13H,6-9,17H2,1H3. The molecule has 0 spiro atoms. The first-order valence-corrected chi connectivity index (χ1v) is 7.23. The second-order valence-corrected chi connectivity index (χ2v) is 5.32. The molecular weight excluding hydrogens is 264 g/mol. The number of aromatic nitrogens is 2. The van der Waals surface area contributed by atoms with Crippen LogP contribution in [0.25, 0.3) is 11.4 Å². The Bertz CT molecular complexity index is 574. The van der Waals surface area contributed by atoms with E-state index in [-0.39, 0.29) is 0 Å². The molecule has 1 aromatic carbocycles. The first-order valence-electron chi connectivity index (χ1n) is 7.23. The van der Waals surface area contributed by atoms with Crippen molar-refractivity contribution < 1.29 is 4.74 Å². The summed E-state index contributed by atoms with van der Waals surface area (Å²) in [6.45, 7) is 1.96. The maximum atomic E-state index is 5.93. The van der Waals surface area contributed by atoms with Gasteiger partial charge in [-0.3, -0.25) is 0 Å². The van der Waals surface area contributed by atoms with Crippen LogP contribution in [0.2, 0.25) is 0 Å². The number of piperidine rings is 1. The van der Waals surface area contributed by atoms with Gasteiger partial charge in [0.2, 0.25) is 0 Å². The highest BCUT2D eigenvalue weighted by Crippen LogP contribution is 2.22. The minimum Gasteiger partial charge on any atom is -0.497 e. The molecule has 0 bridgehead atoms. The number of anilines is 1. The number of ether oxygens (including phenoxy) is 1. The molecule has 0 radical (unpaired) electrons. The zero-order valence-electron chi connectivity index (χ0n) is 12.2. The van der Waals surface area contributed by atoms with E-state index in [2.05, 4.69) is 14.9 Å². The van der Waals surface area contributed by atoms with Gasteiger partial charge in [-0.25, -0.2) is 9.97 Å². The SMILES string of the molecule is COc1ccc(-c2ncc(N3CCC(N)CC3)cn2)cc1. The third-order valence-electron chi connectivity index (χ3n) is 3.89. The van der Waals surface area contributed by atoms with E-state index in [1.807, 2.05) is 36.7 Å². The summed E-state index contributed by atoms with van der Waals surface area (Å²) in [6.07, 6.45) is 5.84. The Morgan fingerprint density at radius 1 is 1.10 bits per heavy atom. The Balaban J connectivity index is 1.74. The van der Waals surface area contributed by atoms with Crippen LogP contribution in [0.1, 0.15) is 12.8 Å². The maximum Gasteiger partial charge on any atom is 0.159 e. The van der Waals surface area contributed by atoms with Crippen molar-refractivity contribution in [1.29, 1.82) is 0 Å². The lowest BCUT2D eigenvalue weighted by Crippen LogP contribution is -2.39. The van der Waals surface area contributed by atoms with Crippen molar-refractivity contribution in [3.8, 4) is 17.1 Å². The van der Waals surface area contributed by atoms with Gasteiger partial charge in [-0.15, -0.1) is 0 Å². The predicted octanol–water partition coefficient (Wildman–Crippen LogP) is 2.08. The van der Waals surface area contributed by atoms with Crippen LogP contribution >= 0.6 is 0 Å². The van der Waals surface area contributed by atoms with E-state index in [9.17, 15) is 0 Å². The quantitative estimate of drug-likeness (QED) is 0.935. The molecule has 0 atom stereocenters. The van der Waals surface area contributed by atoms with Crippen molar-refractivity contribution in [2.45, 2.75) is 18.9 Å². The van der Waals surface area contributed by atoms with Crippen LogP contribution in [-0.4, -0.2) is 36.2 Å². The molecule has 1 aliphatic heterocycles. The molecule has 0 aliphatic carbocycles. The van der Waals surface area contributed by atoms with Crippen LogP contribution in [0.5, 0.6) is 5.75 Å². The third-order valence-corrected chi connectivity index (χ3v) is 3.89. The van der Waals surface area contributed by atoms with Gasteiger partial charge in [-0.1, -0.05) is 0 Å². The van der Waals surface area contributed by atoms with Crippen molar-refractivity contribution in [3.63, 3.8) is 0 Å². The van der Waals surface area contributed by atoms with Gasteiger partial charge in [-0.2, -0.15) is 0 Å². The van der Waals surface area contributed by atoms with Crippen LogP contribution in [0, 0.1) is 0 Å². The Morgan fingerprint density at radius 2 is 1.71 bits per heavy atom. The van der Waals surface area contributed by atoms with E-state index in [0.29, 0.717) is 6.04 Å². The number of benzene rings is 1. The van der Waals surface area contributed by atoms with E-state index < -0.39 is 0 Å². The molecule has 2 N–H and O–H groups in total. The predicted molar refractivity (Wildman–Crippen MR) is 83.4 cm³/mol. The second kappa shape index (κ2) is 6.10. The zero-order chi connectivity index (χ0) is 14.7. The summed E-state index contributed by atoms with van der Waals surface area (Å²) in [5.74, 6) is 1.56. The summed E-state index contributed by atoms with van der Waals surface area (Å²) in [7, 11) is 1.66. The molecule has 5 nitrogen and oxygen atoms in total. The molecule has 1 saturated heterocycles. The molecule has 21 heavy (non-hydrogen) atoms. The Morgan fingerprint density at radius 3 is 2.29 bits per heavy atom. The molecule has 3 rings (SSSR count). The first kappa shape index (κ1) is 13.8. The van der Waals surface area contributed by atoms with Crippen molar-refractivity contribution in [2.24, 2.45) is 5.73 Å². The van der Waals surface area contributed by atoms with Crippen LogP contribution in [0.3, 0.4) is 0 Å². The fourth-order valence-corrected chi connectivity index (χ4v) is 2.53. The molecule has 2 heterocycles. The number of hydrogen-bond donors (Lipinski definition) is 1. The van der Waals surface area contributed by atoms with E-state index in [1.54, 1.807) is 7.11 Å². The maximum absolute atomic E-state index is 5.93. The number of nitrogens with zero attached hydrogens (tertiary/aromatic N) is 3. The van der Waals surface area contributed by atoms with E-state index in [1.165, 1.54) is 0 Å². The molecule has 1 fully saturated rings. The normalized spacial score (nSPS) is 16.0. The minimum absolute atomic E-state index is 0.334. The number of rotatable bonds is 3. The highest BCUT2D eigenvalue weighted by molar-refractivity contribution is 5.57. The second-order valence-electron chi connectivity index (χ2n) is 5.32. The Hall–Kier alpha value is -2.14. The molecule has 2 aromatic rings. The van der Waals surface area contributed by atoms with Crippen molar-refractivity contribution in [2.75, 3.05) is 25.1 Å². The van der Waals surface area contributed by atoms with Gasteiger partial charge in [0.05, 0.1) is 25.2 Å². The molecule has 0 saturated carbocycles. The van der Waals surface area contributed by atoms with E-state index >= 15 is 0 Å². The minimum atomic E-state index is 0.334. The number of methoxy groups -OCH3 is 1. The topological polar surface area (TPSA) is 64.3 Å². The van der Waals surface area contributed by atoms with Gasteiger partial charge in [0, 0.05) is 24.7 Å². The molecule has 1 aromatic heterocycles. The average molecular weight is 284 g/mol. The fraction of sp³-hybridized carbons (Fsp3) is 0.375. The molecule has 1 aliphatic rings. The fourth-order valence-electron chi connectivity index (χ4n) is 2.53. The third kappa shape index (κ3) is 3.13. The van der Waals surface area contributed by atoms with Gasteiger partial charge < -0.3 is 15.4 Å². The molecule has 110 valence electrons. The lowest BCUT2D eigenvalue weighted by molar-refractivity contribution is 0.415. The monoisotopic (exact) mass is 284 g/mol. The lowest BCUT2D eigenvalue weighted by atomic mass is 10.1. The number of nitrogens with two attached hydrogens (primary N) is 1. The smallest absolute Gasteiger partial charge is 0.159 e. The van der Waals surface area contributed by atoms with Crippen molar-refractivity contribution in [3.05, 3.63) is 36.7 Å². The first-order chi connectivity index (χ1) is 10.3. The van der Waals surface area contributed by atoms with Gasteiger partial charge in [0.25, 0.3) is 0 Å². The molecule has 0 amide bonds. The largest absolute Gasteiger partial charge is 0.497 e. The van der Waals surface area contributed by atoms with Crippen molar-refractivity contribution >= 4 is 5.69 Å². The summed E-state index contributed by atoms with van der Waals surface area (Å²) in [6, 6.07) is 8.10. The molecule has 0 unspecified atom stereocenters. The zero-order valence-corrected chi connectivity index (χ0v) is 12.2. The summed E-state index contributed by atoms with van der Waals surface area (Å²) in [5, 5.41) is 0. The van der Waals surface area contributed by atoms with Crippen LogP contribution in [-0.2, 0) is 0 Å². The highest BCUT2D eigenvalue weighted by atomic mass is 16.5. The highest BCUT2D eigenvalue weighted by Gasteiger charge is 2.16. The van der Waals surface area contributed by atoms with E-state index in [0.717, 1.165) is 48.8 Å². The summed E-state index contributed by atoms with van der Waals surface area (Å²) < 4.78 is 5.15. The van der Waals surface area contributed by atoms with Crippen LogP contribution in [0.4, 0.5) is 5.69 Å². The lowest BCUT2D eigenvalue weighted by Gasteiger charge is -2.31. The van der Waals surface area contributed by atoms with E-state index in [4.69, 9.17) is 10.5 Å². The average Bonchev–Trinajstić information content (AvgIpc) is 2.56. The number of hydrogen-bond acceptors (Lipinski definition) is 5. The van der Waals surface area contributed by atoms with Crippen LogP contribution < -0.4 is 15.4 Å². The van der Waals surface area contributed by atoms with Gasteiger partial charge in [0.1, 0.15) is 5.75 Å². The Labute approximate surface area is 124 Å².